The molecule has 1 saturated heterocycles. The van der Waals surface area contributed by atoms with Gasteiger partial charge in [0.1, 0.15) is 5.82 Å². The number of carbonyl (C=O) groups excluding carboxylic acids is 1. The van der Waals surface area contributed by atoms with Gasteiger partial charge in [-0.1, -0.05) is 18.2 Å². The summed E-state index contributed by atoms with van der Waals surface area (Å²) in [4.78, 5) is 20.4. The Morgan fingerprint density at radius 2 is 2.13 bits per heavy atom. The van der Waals surface area contributed by atoms with Crippen LogP contribution < -0.4 is 0 Å². The number of likely N-dealkylation sites (N-methyl/N-ethyl adjacent to an activating group) is 1. The molecule has 0 unspecified atom stereocenters. The van der Waals surface area contributed by atoms with E-state index >= 15 is 0 Å². The first-order valence-corrected chi connectivity index (χ1v) is 7.76. The molecule has 23 heavy (non-hydrogen) atoms. The topological polar surface area (TPSA) is 36.4 Å². The van der Waals surface area contributed by atoms with Crippen molar-refractivity contribution >= 4 is 5.91 Å². The quantitative estimate of drug-likeness (QED) is 0.851. The number of carbonyl (C=O) groups is 1. The van der Waals surface area contributed by atoms with Crippen LogP contribution in [-0.2, 0) is 11.3 Å². The van der Waals surface area contributed by atoms with Crippen molar-refractivity contribution in [2.75, 3.05) is 20.1 Å². The Balaban J connectivity index is 1.56. The number of likely N-dealkylation sites (tertiary alicyclic amines) is 1. The molecule has 1 aromatic carbocycles. The van der Waals surface area contributed by atoms with Crippen LogP contribution in [0, 0.1) is 5.82 Å². The van der Waals surface area contributed by atoms with Crippen LogP contribution in [0.4, 0.5) is 4.39 Å². The summed E-state index contributed by atoms with van der Waals surface area (Å²) in [6.07, 6.45) is 4.48. The normalized spacial score (nSPS) is 17.2. The number of nitrogens with zero attached hydrogens (tertiary/aromatic N) is 3. The van der Waals surface area contributed by atoms with Gasteiger partial charge in [-0.25, -0.2) is 4.39 Å². The van der Waals surface area contributed by atoms with Crippen LogP contribution in [0.2, 0.25) is 0 Å². The molecule has 1 aliphatic heterocycles. The molecule has 0 aliphatic carbocycles. The average Bonchev–Trinajstić information content (AvgIpc) is 2.49. The number of rotatable bonds is 5. The monoisotopic (exact) mass is 313 g/mol. The van der Waals surface area contributed by atoms with Gasteiger partial charge in [0.25, 0.3) is 0 Å². The van der Waals surface area contributed by atoms with E-state index in [9.17, 15) is 9.18 Å². The molecular weight excluding hydrogens is 293 g/mol. The first-order chi connectivity index (χ1) is 11.1. The fourth-order valence-electron chi connectivity index (χ4n) is 2.90. The SMILES string of the molecule is CN(CC(=O)N1CC[C@@H]1c1ccc(F)cc1)Cc1cccnc1. The minimum absolute atomic E-state index is 0.0786. The van der Waals surface area contributed by atoms with Crippen LogP contribution in [-0.4, -0.2) is 40.8 Å². The largest absolute Gasteiger partial charge is 0.334 e. The van der Waals surface area contributed by atoms with Gasteiger partial charge in [-0.05, 0) is 42.8 Å². The standard InChI is InChI=1S/C18H20FN3O/c1-21(12-14-3-2-9-20-11-14)13-18(23)22-10-8-17(22)15-4-6-16(19)7-5-15/h2-7,9,11,17H,8,10,12-13H2,1H3/t17-/m1/s1. The molecule has 2 heterocycles. The summed E-state index contributed by atoms with van der Waals surface area (Å²) in [6, 6.07) is 10.4. The lowest BCUT2D eigenvalue weighted by Crippen LogP contribution is -2.48. The Labute approximate surface area is 135 Å². The third-order valence-electron chi connectivity index (χ3n) is 4.18. The lowest BCUT2D eigenvalue weighted by atomic mass is 9.94. The molecule has 1 atom stereocenters. The molecular formula is C18H20FN3O. The van der Waals surface area contributed by atoms with E-state index in [0.29, 0.717) is 13.1 Å². The molecule has 2 aromatic rings. The molecule has 5 heteroatoms. The van der Waals surface area contributed by atoms with E-state index in [1.807, 2.05) is 35.2 Å². The lowest BCUT2D eigenvalue weighted by molar-refractivity contribution is -0.140. The van der Waals surface area contributed by atoms with Gasteiger partial charge in [0.2, 0.25) is 5.91 Å². The first kappa shape index (κ1) is 15.6. The van der Waals surface area contributed by atoms with Gasteiger partial charge in [-0.3, -0.25) is 14.7 Å². The average molecular weight is 313 g/mol. The highest BCUT2D eigenvalue weighted by molar-refractivity contribution is 5.79. The molecule has 1 amide bonds. The van der Waals surface area contributed by atoms with E-state index in [1.54, 1.807) is 18.3 Å². The summed E-state index contributed by atoms with van der Waals surface area (Å²) >= 11 is 0. The van der Waals surface area contributed by atoms with Gasteiger partial charge in [-0.2, -0.15) is 0 Å². The van der Waals surface area contributed by atoms with E-state index in [0.717, 1.165) is 24.1 Å². The minimum atomic E-state index is -0.248. The Bertz CT molecular complexity index is 660. The number of benzene rings is 1. The maximum atomic E-state index is 13.0. The van der Waals surface area contributed by atoms with Gasteiger partial charge in [0.05, 0.1) is 12.6 Å². The molecule has 4 nitrogen and oxygen atoms in total. The Morgan fingerprint density at radius 1 is 1.35 bits per heavy atom. The van der Waals surface area contributed by atoms with Crippen molar-refractivity contribution in [2.45, 2.75) is 19.0 Å². The first-order valence-electron chi connectivity index (χ1n) is 7.76. The molecule has 1 aromatic heterocycles. The molecule has 0 bridgehead atoms. The van der Waals surface area contributed by atoms with E-state index < -0.39 is 0 Å². The number of hydrogen-bond acceptors (Lipinski definition) is 3. The van der Waals surface area contributed by atoms with Gasteiger partial charge < -0.3 is 4.90 Å². The molecule has 0 radical (unpaired) electrons. The second-order valence-electron chi connectivity index (χ2n) is 5.98. The van der Waals surface area contributed by atoms with Crippen molar-refractivity contribution in [3.8, 4) is 0 Å². The van der Waals surface area contributed by atoms with Crippen LogP contribution in [0.1, 0.15) is 23.6 Å². The van der Waals surface area contributed by atoms with Crippen molar-refractivity contribution in [1.82, 2.24) is 14.8 Å². The van der Waals surface area contributed by atoms with Crippen molar-refractivity contribution in [3.63, 3.8) is 0 Å². The fraction of sp³-hybridized carbons (Fsp3) is 0.333. The van der Waals surface area contributed by atoms with Crippen LogP contribution in [0.15, 0.2) is 48.8 Å². The maximum Gasteiger partial charge on any atom is 0.237 e. The van der Waals surface area contributed by atoms with Crippen LogP contribution in [0.25, 0.3) is 0 Å². The molecule has 0 spiro atoms. The third-order valence-corrected chi connectivity index (χ3v) is 4.18. The highest BCUT2D eigenvalue weighted by Gasteiger charge is 2.33. The van der Waals surface area contributed by atoms with Crippen LogP contribution in [0.3, 0.4) is 0 Å². The zero-order valence-corrected chi connectivity index (χ0v) is 13.2. The summed E-state index contributed by atoms with van der Waals surface area (Å²) in [5.41, 5.74) is 2.09. The van der Waals surface area contributed by atoms with Gasteiger partial charge >= 0.3 is 0 Å². The van der Waals surface area contributed by atoms with E-state index in [1.165, 1.54) is 12.1 Å². The van der Waals surface area contributed by atoms with Crippen LogP contribution in [0.5, 0.6) is 0 Å². The third kappa shape index (κ3) is 3.74. The second kappa shape index (κ2) is 6.87. The Hall–Kier alpha value is -2.27. The summed E-state index contributed by atoms with van der Waals surface area (Å²) in [5, 5.41) is 0. The number of halogens is 1. The smallest absolute Gasteiger partial charge is 0.237 e. The van der Waals surface area contributed by atoms with E-state index in [4.69, 9.17) is 0 Å². The fourth-order valence-corrected chi connectivity index (χ4v) is 2.90. The van der Waals surface area contributed by atoms with Gasteiger partial charge in [0.15, 0.2) is 0 Å². The number of amides is 1. The van der Waals surface area contributed by atoms with Gasteiger partial charge in [-0.15, -0.1) is 0 Å². The summed E-state index contributed by atoms with van der Waals surface area (Å²) in [5.74, 6) is -0.140. The van der Waals surface area contributed by atoms with Crippen molar-refractivity contribution in [1.29, 1.82) is 0 Å². The highest BCUT2D eigenvalue weighted by Crippen LogP contribution is 2.33. The minimum Gasteiger partial charge on any atom is -0.334 e. The Kier molecular flexibility index (Phi) is 4.67. The van der Waals surface area contributed by atoms with Gasteiger partial charge in [0, 0.05) is 25.5 Å². The van der Waals surface area contributed by atoms with E-state index in [2.05, 4.69) is 4.98 Å². The summed E-state index contributed by atoms with van der Waals surface area (Å²) in [7, 11) is 1.93. The Morgan fingerprint density at radius 3 is 2.74 bits per heavy atom. The molecule has 0 N–H and O–H groups in total. The van der Waals surface area contributed by atoms with Crippen molar-refractivity contribution < 1.29 is 9.18 Å². The number of hydrogen-bond donors (Lipinski definition) is 0. The predicted molar refractivity (Wildman–Crippen MR) is 86.0 cm³/mol. The highest BCUT2D eigenvalue weighted by atomic mass is 19.1. The summed E-state index contributed by atoms with van der Waals surface area (Å²) in [6.45, 7) is 1.82. The zero-order chi connectivity index (χ0) is 16.2. The molecule has 3 rings (SSSR count). The molecule has 1 aliphatic rings. The zero-order valence-electron chi connectivity index (χ0n) is 13.2. The van der Waals surface area contributed by atoms with E-state index in [-0.39, 0.29) is 17.8 Å². The number of pyridine rings is 1. The number of aromatic nitrogens is 1. The molecule has 120 valence electrons. The van der Waals surface area contributed by atoms with Crippen molar-refractivity contribution in [3.05, 3.63) is 65.7 Å². The second-order valence-corrected chi connectivity index (χ2v) is 5.98. The van der Waals surface area contributed by atoms with Crippen LogP contribution >= 0.6 is 0 Å². The lowest BCUT2D eigenvalue weighted by Gasteiger charge is -2.42. The molecule has 1 fully saturated rings. The predicted octanol–water partition coefficient (Wildman–Crippen LogP) is 2.63. The van der Waals surface area contributed by atoms with Crippen molar-refractivity contribution in [2.24, 2.45) is 0 Å². The summed E-state index contributed by atoms with van der Waals surface area (Å²) < 4.78 is 13.0. The molecule has 0 saturated carbocycles. The maximum absolute atomic E-state index is 13.0.